The van der Waals surface area contributed by atoms with Crippen LogP contribution in [0.1, 0.15) is 18.4 Å². The summed E-state index contributed by atoms with van der Waals surface area (Å²) in [7, 11) is 1.74. The first-order valence-corrected chi connectivity index (χ1v) is 8.52. The highest BCUT2D eigenvalue weighted by molar-refractivity contribution is 6.28. The molecule has 1 saturated carbocycles. The number of hydrogen-bond donors (Lipinski definition) is 1. The first-order chi connectivity index (χ1) is 12.2. The van der Waals surface area contributed by atoms with Gasteiger partial charge in [-0.05, 0) is 29.3 Å². The maximum Gasteiger partial charge on any atom is 0.225 e. The zero-order chi connectivity index (χ0) is 17.2. The van der Waals surface area contributed by atoms with E-state index in [9.17, 15) is 0 Å². The number of furan rings is 1. The van der Waals surface area contributed by atoms with E-state index in [-0.39, 0.29) is 11.4 Å². The molecule has 130 valence electrons. The van der Waals surface area contributed by atoms with Crippen molar-refractivity contribution in [3.05, 3.63) is 47.4 Å². The Labute approximate surface area is 150 Å². The van der Waals surface area contributed by atoms with Gasteiger partial charge >= 0.3 is 0 Å². The molecule has 1 aromatic carbocycles. The third-order valence-electron chi connectivity index (χ3n) is 4.35. The number of halogens is 1. The van der Waals surface area contributed by atoms with E-state index in [4.69, 9.17) is 25.5 Å². The molecule has 1 aliphatic rings. The Kier molecular flexibility index (Phi) is 4.46. The molecule has 2 heterocycles. The molecule has 2 aromatic heterocycles. The second-order valence-corrected chi connectivity index (χ2v) is 6.38. The molecule has 0 unspecified atom stereocenters. The van der Waals surface area contributed by atoms with Gasteiger partial charge in [0.05, 0.1) is 12.4 Å². The van der Waals surface area contributed by atoms with Crippen LogP contribution < -0.4 is 10.1 Å². The van der Waals surface area contributed by atoms with Gasteiger partial charge in [-0.3, -0.25) is 0 Å². The van der Waals surface area contributed by atoms with Gasteiger partial charge in [0.1, 0.15) is 17.4 Å². The molecule has 7 heteroatoms. The summed E-state index contributed by atoms with van der Waals surface area (Å²) in [6, 6.07) is 9.77. The molecular weight excluding hydrogens is 342 g/mol. The maximum atomic E-state index is 5.94. The van der Waals surface area contributed by atoms with Gasteiger partial charge in [-0.15, -0.1) is 0 Å². The van der Waals surface area contributed by atoms with Crippen LogP contribution in [0.25, 0.3) is 11.1 Å². The average Bonchev–Trinajstić information content (AvgIpc) is 3.05. The molecule has 1 fully saturated rings. The van der Waals surface area contributed by atoms with Crippen molar-refractivity contribution in [1.29, 1.82) is 0 Å². The Morgan fingerprint density at radius 2 is 1.96 bits per heavy atom. The number of aromatic nitrogens is 2. The number of benzene rings is 1. The summed E-state index contributed by atoms with van der Waals surface area (Å²) in [5, 5.41) is 3.43. The molecule has 0 spiro atoms. The minimum Gasteiger partial charge on any atom is -0.490 e. The molecule has 3 aromatic rings. The number of nitrogens with one attached hydrogen (secondary N) is 1. The molecular formula is C18H18ClN3O3. The van der Waals surface area contributed by atoms with Crippen molar-refractivity contribution in [3.8, 4) is 5.75 Å². The van der Waals surface area contributed by atoms with Gasteiger partial charge in [-0.2, -0.15) is 4.98 Å². The van der Waals surface area contributed by atoms with Gasteiger partial charge < -0.3 is 19.2 Å². The number of ether oxygens (including phenoxy) is 2. The minimum absolute atomic E-state index is 0.190. The largest absolute Gasteiger partial charge is 0.490 e. The fourth-order valence-electron chi connectivity index (χ4n) is 2.83. The van der Waals surface area contributed by atoms with Crippen LogP contribution in [0.4, 0.5) is 5.82 Å². The monoisotopic (exact) mass is 359 g/mol. The second-order valence-electron chi connectivity index (χ2n) is 6.04. The van der Waals surface area contributed by atoms with Gasteiger partial charge in [0.15, 0.2) is 11.4 Å². The van der Waals surface area contributed by atoms with E-state index in [1.807, 2.05) is 24.3 Å². The van der Waals surface area contributed by atoms with Crippen molar-refractivity contribution in [2.24, 2.45) is 0 Å². The quantitative estimate of drug-likeness (QED) is 0.670. The van der Waals surface area contributed by atoms with Crippen molar-refractivity contribution in [1.82, 2.24) is 9.97 Å². The molecule has 4 rings (SSSR count). The standard InChI is InChI=1S/C18H18ClN3O3/c1-23-13-8-14(9-13)25-12-4-2-11(3-5-12)10-20-17-16-15(6-7-24-16)21-18(19)22-17/h2-7,13-14H,8-10H2,1H3,(H,20,21,22). The summed E-state index contributed by atoms with van der Waals surface area (Å²) in [6.45, 7) is 0.596. The lowest BCUT2D eigenvalue weighted by Gasteiger charge is -2.34. The molecule has 0 saturated heterocycles. The molecule has 0 atom stereocenters. The van der Waals surface area contributed by atoms with Crippen LogP contribution in [0.5, 0.6) is 5.75 Å². The first kappa shape index (κ1) is 16.2. The van der Waals surface area contributed by atoms with Crippen LogP contribution in [-0.2, 0) is 11.3 Å². The van der Waals surface area contributed by atoms with Crippen molar-refractivity contribution in [3.63, 3.8) is 0 Å². The third kappa shape index (κ3) is 3.55. The number of nitrogens with zero attached hydrogens (tertiary/aromatic N) is 2. The van der Waals surface area contributed by atoms with Crippen molar-refractivity contribution in [2.45, 2.75) is 31.6 Å². The molecule has 0 radical (unpaired) electrons. The molecule has 6 nitrogen and oxygen atoms in total. The molecule has 0 bridgehead atoms. The highest BCUT2D eigenvalue weighted by atomic mass is 35.5. The van der Waals surface area contributed by atoms with Crippen LogP contribution in [0.2, 0.25) is 5.28 Å². The lowest BCUT2D eigenvalue weighted by molar-refractivity contribution is -0.0381. The van der Waals surface area contributed by atoms with Gasteiger partial charge in [0.2, 0.25) is 5.28 Å². The lowest BCUT2D eigenvalue weighted by atomic mass is 9.92. The maximum absolute atomic E-state index is 5.94. The summed E-state index contributed by atoms with van der Waals surface area (Å²) < 4.78 is 16.6. The van der Waals surface area contributed by atoms with E-state index in [1.165, 1.54) is 0 Å². The number of fused-ring (bicyclic) bond motifs is 1. The molecule has 1 N–H and O–H groups in total. The van der Waals surface area contributed by atoms with E-state index >= 15 is 0 Å². The van der Waals surface area contributed by atoms with E-state index in [2.05, 4.69) is 15.3 Å². The topological polar surface area (TPSA) is 69.4 Å². The van der Waals surface area contributed by atoms with Gasteiger partial charge in [-0.1, -0.05) is 12.1 Å². The number of rotatable bonds is 6. The minimum atomic E-state index is 0.190. The highest BCUT2D eigenvalue weighted by Crippen LogP contribution is 2.28. The number of methoxy groups -OCH3 is 1. The summed E-state index contributed by atoms with van der Waals surface area (Å²) in [4.78, 5) is 8.30. The molecule has 0 amide bonds. The predicted octanol–water partition coefficient (Wildman–Crippen LogP) is 4.04. The summed E-state index contributed by atoms with van der Waals surface area (Å²) >= 11 is 5.94. The van der Waals surface area contributed by atoms with Crippen LogP contribution in [0.3, 0.4) is 0 Å². The van der Waals surface area contributed by atoms with Crippen LogP contribution in [0, 0.1) is 0 Å². The Morgan fingerprint density at radius 1 is 1.16 bits per heavy atom. The second kappa shape index (κ2) is 6.90. The smallest absolute Gasteiger partial charge is 0.225 e. The highest BCUT2D eigenvalue weighted by Gasteiger charge is 2.30. The third-order valence-corrected chi connectivity index (χ3v) is 4.52. The average molecular weight is 360 g/mol. The van der Waals surface area contributed by atoms with E-state index < -0.39 is 0 Å². The Morgan fingerprint density at radius 3 is 2.72 bits per heavy atom. The zero-order valence-corrected chi connectivity index (χ0v) is 14.5. The summed E-state index contributed by atoms with van der Waals surface area (Å²) in [5.74, 6) is 1.46. The summed E-state index contributed by atoms with van der Waals surface area (Å²) in [6.07, 6.45) is 4.07. The van der Waals surface area contributed by atoms with Crippen molar-refractivity contribution < 1.29 is 13.9 Å². The van der Waals surface area contributed by atoms with Gasteiger partial charge in [0, 0.05) is 32.6 Å². The molecule has 1 aliphatic carbocycles. The number of hydrogen-bond acceptors (Lipinski definition) is 6. The van der Waals surface area contributed by atoms with E-state index in [1.54, 1.807) is 19.4 Å². The fourth-order valence-corrected chi connectivity index (χ4v) is 3.00. The van der Waals surface area contributed by atoms with Crippen molar-refractivity contribution in [2.75, 3.05) is 12.4 Å². The normalized spacial score (nSPS) is 19.6. The lowest BCUT2D eigenvalue weighted by Crippen LogP contribution is -2.38. The Balaban J connectivity index is 1.37. The molecule has 0 aliphatic heterocycles. The Bertz CT molecular complexity index is 860. The van der Waals surface area contributed by atoms with E-state index in [0.29, 0.717) is 29.6 Å². The van der Waals surface area contributed by atoms with Crippen LogP contribution in [0.15, 0.2) is 41.0 Å². The number of anilines is 1. The molecule has 25 heavy (non-hydrogen) atoms. The van der Waals surface area contributed by atoms with Crippen LogP contribution in [-0.4, -0.2) is 29.3 Å². The Hall–Kier alpha value is -2.31. The van der Waals surface area contributed by atoms with E-state index in [0.717, 1.165) is 24.2 Å². The SMILES string of the molecule is COC1CC(Oc2ccc(CNc3nc(Cl)nc4ccoc34)cc2)C1. The van der Waals surface area contributed by atoms with Crippen LogP contribution >= 0.6 is 11.6 Å². The van der Waals surface area contributed by atoms with Gasteiger partial charge in [0.25, 0.3) is 0 Å². The predicted molar refractivity (Wildman–Crippen MR) is 95.0 cm³/mol. The van der Waals surface area contributed by atoms with Crippen molar-refractivity contribution >= 4 is 28.5 Å². The van der Waals surface area contributed by atoms with Gasteiger partial charge in [-0.25, -0.2) is 4.98 Å². The first-order valence-electron chi connectivity index (χ1n) is 8.14. The zero-order valence-electron chi connectivity index (χ0n) is 13.7. The fraction of sp³-hybridized carbons (Fsp3) is 0.333. The summed E-state index contributed by atoms with van der Waals surface area (Å²) in [5.41, 5.74) is 2.38.